The van der Waals surface area contributed by atoms with Crippen molar-refractivity contribution in [3.63, 3.8) is 0 Å². The van der Waals surface area contributed by atoms with Gasteiger partial charge in [0.05, 0.1) is 35.5 Å². The van der Waals surface area contributed by atoms with Crippen LogP contribution in [0.1, 0.15) is 145 Å². The number of rotatable bonds is 11. The van der Waals surface area contributed by atoms with Crippen LogP contribution >= 0.6 is 0 Å². The summed E-state index contributed by atoms with van der Waals surface area (Å²) >= 11 is 0. The lowest BCUT2D eigenvalue weighted by atomic mass is 9.78. The number of hydroxylamine groups is 1. The van der Waals surface area contributed by atoms with Crippen LogP contribution in [-0.2, 0) is 68.4 Å². The highest BCUT2D eigenvalue weighted by atomic mass is 16.7. The van der Waals surface area contributed by atoms with Gasteiger partial charge < -0.3 is 43.5 Å². The zero-order chi connectivity index (χ0) is 61.0. The highest BCUT2D eigenvalue weighted by Crippen LogP contribution is 2.39. The molecule has 1 aliphatic carbocycles. The van der Waals surface area contributed by atoms with Gasteiger partial charge in [-0.2, -0.15) is 0 Å². The number of carbonyl (C=O) groups is 6. The van der Waals surface area contributed by atoms with Gasteiger partial charge in [0.15, 0.2) is 5.78 Å². The molecule has 0 radical (unpaired) electrons. The molecule has 1 saturated carbocycles. The van der Waals surface area contributed by atoms with Gasteiger partial charge in [-0.15, -0.1) is 0 Å². The number of benzene rings is 1. The van der Waals surface area contributed by atoms with E-state index in [1.807, 2.05) is 107 Å². The van der Waals surface area contributed by atoms with Crippen molar-refractivity contribution in [3.8, 4) is 0 Å². The van der Waals surface area contributed by atoms with E-state index in [0.29, 0.717) is 69.8 Å². The molecule has 2 unspecified atom stereocenters. The maximum Gasteiger partial charge on any atom is 0.329 e. The lowest BCUT2D eigenvalue weighted by molar-refractivity contribution is -0.245. The lowest BCUT2D eigenvalue weighted by Crippen LogP contribution is -2.58. The molecule has 2 aromatic rings. The van der Waals surface area contributed by atoms with E-state index < -0.39 is 101 Å². The lowest BCUT2D eigenvalue weighted by Gasteiger charge is -2.40. The number of Topliss-reactive ketones (excluding diaryl/α,β-unsaturated/α-hetero) is 3. The van der Waals surface area contributed by atoms with E-state index in [9.17, 15) is 39.0 Å². The standard InChI is InChI=1S/C66H93N3O15/c1-40-32-44(5)58(71)60(80-11)59(72)45(6)33-41(2)53(70)38-56(42(3)34-46-25-28-54(57(36-46)79-10)82-64(76)65(7,8)39-47-20-15-17-30-67-47)81-63(75)52-24-16-18-31-68(52)62(74)61(73)66(77)29-19-23-49(83-66)37-55(78-9)43(4)35-50-26-27-51(40)69(84-50)48-21-13-12-14-22-48/h12-15,17,20-22,26-27,30,33,35,40-42,44,46,49-52,54-57,59-60,72,77H,16,18-19,23-25,28-29,31-32,34,36-39H2,1-11H3/b43-35+,45-33+/t40-,41+,42+,44+,46-,49-,50?,51?,52-,54+,55-,56-,57+,59+,60-,66+/m0/s1. The Morgan fingerprint density at radius 2 is 1.58 bits per heavy atom. The van der Waals surface area contributed by atoms with Gasteiger partial charge in [-0.25, -0.2) is 9.86 Å². The van der Waals surface area contributed by atoms with E-state index in [-0.39, 0.29) is 67.6 Å². The van der Waals surface area contributed by atoms with Gasteiger partial charge in [0.1, 0.15) is 42.3 Å². The van der Waals surface area contributed by atoms with Gasteiger partial charge in [-0.3, -0.25) is 33.8 Å². The number of hydrogen-bond donors (Lipinski definition) is 2. The summed E-state index contributed by atoms with van der Waals surface area (Å²) in [7, 11) is 4.54. The smallest absolute Gasteiger partial charge is 0.329 e. The van der Waals surface area contributed by atoms with Crippen molar-refractivity contribution in [1.29, 1.82) is 0 Å². The minimum absolute atomic E-state index is 0.0147. The van der Waals surface area contributed by atoms with Crippen molar-refractivity contribution >= 4 is 40.9 Å². The highest BCUT2D eigenvalue weighted by molar-refractivity contribution is 6.39. The number of ketones is 3. The monoisotopic (exact) mass is 1170 g/mol. The molecule has 16 atom stereocenters. The second-order valence-electron chi connectivity index (χ2n) is 25.2. The molecular weight excluding hydrogens is 1070 g/mol. The second-order valence-corrected chi connectivity index (χ2v) is 25.2. The SMILES string of the molecule is CO[C@H]1C[C@@H]2CCC[C@@](O)(O2)C(=O)C(=O)N2CCCC[C@H]2C(=O)O[C@H]([C@H](C)C[C@@H]2CC[C@@H](OC(=O)C(C)(C)Cc3ccccn3)[C@H](OC)C2)CC(=O)[C@H](C)/C=C(\C)[C@@H](O)[C@@H](OC)C(=O)[C@H](C)C[C@H](C)C2C=CC(/C=C/1C)ON2c1ccccc1. The van der Waals surface area contributed by atoms with Gasteiger partial charge in [0, 0.05) is 77.3 Å². The normalized spacial score (nSPS) is 34.8. The fourth-order valence-electron chi connectivity index (χ4n) is 13.0. The summed E-state index contributed by atoms with van der Waals surface area (Å²) in [6, 6.07) is 13.8. The minimum atomic E-state index is -2.46. The van der Waals surface area contributed by atoms with Crippen LogP contribution in [0.15, 0.2) is 90.2 Å². The van der Waals surface area contributed by atoms with Crippen LogP contribution in [0.4, 0.5) is 5.69 Å². The van der Waals surface area contributed by atoms with Crippen molar-refractivity contribution in [1.82, 2.24) is 9.88 Å². The number of ether oxygens (including phenoxy) is 6. The van der Waals surface area contributed by atoms with E-state index in [1.54, 1.807) is 40.3 Å². The largest absolute Gasteiger partial charge is 0.460 e. The summed E-state index contributed by atoms with van der Waals surface area (Å²) in [5, 5.41) is 25.7. The Hall–Kier alpha value is -5.47. The van der Waals surface area contributed by atoms with Gasteiger partial charge in [0.2, 0.25) is 5.79 Å². The molecular formula is C66H93N3O15. The number of fused-ring (bicyclic) bond motifs is 16. The number of pyridine rings is 1. The van der Waals surface area contributed by atoms with Crippen LogP contribution in [-0.4, -0.2) is 150 Å². The topological polar surface area (TPSA) is 227 Å². The number of aromatic nitrogens is 1. The summed E-state index contributed by atoms with van der Waals surface area (Å²) in [6.45, 7) is 14.8. The average molecular weight is 1170 g/mol. The summed E-state index contributed by atoms with van der Waals surface area (Å²) < 4.78 is 36.5. The summed E-state index contributed by atoms with van der Waals surface area (Å²) in [4.78, 5) is 98.4. The Morgan fingerprint density at radius 1 is 0.845 bits per heavy atom. The van der Waals surface area contributed by atoms with E-state index in [0.717, 1.165) is 17.0 Å². The number of hydrogen-bond acceptors (Lipinski definition) is 17. The first-order chi connectivity index (χ1) is 40.0. The molecule has 6 aliphatic rings. The number of para-hydroxylation sites is 1. The number of anilines is 1. The predicted octanol–water partition coefficient (Wildman–Crippen LogP) is 8.78. The molecule has 18 nitrogen and oxygen atoms in total. The van der Waals surface area contributed by atoms with Gasteiger partial charge in [-0.05, 0) is 151 Å². The predicted molar refractivity (Wildman–Crippen MR) is 315 cm³/mol. The minimum Gasteiger partial charge on any atom is -0.460 e. The van der Waals surface area contributed by atoms with Crippen molar-refractivity contribution < 1.29 is 72.2 Å². The van der Waals surface area contributed by atoms with E-state index in [4.69, 9.17) is 33.3 Å². The van der Waals surface area contributed by atoms with Crippen molar-refractivity contribution in [2.24, 2.45) is 35.0 Å². The number of aliphatic hydroxyl groups excluding tert-OH is 1. The van der Waals surface area contributed by atoms with E-state index in [1.165, 1.54) is 12.0 Å². The first-order valence-corrected chi connectivity index (χ1v) is 30.4. The number of methoxy groups -OCH3 is 3. The molecule has 4 bridgehead atoms. The third-order valence-electron chi connectivity index (χ3n) is 18.1. The average Bonchev–Trinajstić information content (AvgIpc) is 2.90. The maximum atomic E-state index is 14.7. The van der Waals surface area contributed by atoms with Gasteiger partial charge in [-0.1, -0.05) is 70.2 Å². The second kappa shape index (κ2) is 29.8. The number of aliphatic hydroxyl groups is 2. The van der Waals surface area contributed by atoms with Crippen LogP contribution in [0.2, 0.25) is 0 Å². The molecule has 18 heteroatoms. The Balaban J connectivity index is 1.16. The molecule has 5 aliphatic heterocycles. The zero-order valence-corrected chi connectivity index (χ0v) is 51.3. The molecule has 84 heavy (non-hydrogen) atoms. The molecule has 462 valence electrons. The number of carbonyl (C=O) groups excluding carboxylic acids is 6. The fourth-order valence-corrected chi connectivity index (χ4v) is 13.0. The number of nitrogens with zero attached hydrogens (tertiary/aromatic N) is 3. The third-order valence-corrected chi connectivity index (χ3v) is 18.1. The van der Waals surface area contributed by atoms with Crippen molar-refractivity contribution in [2.45, 2.75) is 212 Å². The molecule has 1 aromatic carbocycles. The molecule has 8 rings (SSSR count). The third kappa shape index (κ3) is 16.5. The Labute approximate surface area is 497 Å². The number of amides is 1. The molecule has 1 aromatic heterocycles. The zero-order valence-electron chi connectivity index (χ0n) is 51.3. The highest BCUT2D eigenvalue weighted by Gasteiger charge is 2.50. The summed E-state index contributed by atoms with van der Waals surface area (Å²) in [6.07, 6.45) is 8.02. The Bertz CT molecular complexity index is 2660. The summed E-state index contributed by atoms with van der Waals surface area (Å²) in [5.41, 5.74) is 1.90. The first-order valence-electron chi connectivity index (χ1n) is 30.4. The molecule has 6 heterocycles. The van der Waals surface area contributed by atoms with Crippen LogP contribution in [0.3, 0.4) is 0 Å². The van der Waals surface area contributed by atoms with E-state index >= 15 is 0 Å². The Morgan fingerprint density at radius 3 is 2.27 bits per heavy atom. The van der Waals surface area contributed by atoms with Crippen LogP contribution in [0, 0.1) is 35.0 Å². The van der Waals surface area contributed by atoms with Crippen molar-refractivity contribution in [3.05, 3.63) is 95.9 Å². The van der Waals surface area contributed by atoms with Crippen LogP contribution < -0.4 is 5.06 Å². The fraction of sp³-hybridized carbons (Fsp3) is 0.652. The molecule has 2 N–H and O–H groups in total. The van der Waals surface area contributed by atoms with Crippen LogP contribution in [0.5, 0.6) is 0 Å². The maximum absolute atomic E-state index is 14.7. The van der Waals surface area contributed by atoms with Crippen molar-refractivity contribution in [2.75, 3.05) is 32.9 Å². The number of esters is 2. The van der Waals surface area contributed by atoms with E-state index in [2.05, 4.69) is 11.1 Å². The number of allylic oxidation sites excluding steroid dienone is 1. The number of piperidine rings is 1. The van der Waals surface area contributed by atoms with Gasteiger partial charge in [0.25, 0.3) is 11.7 Å². The molecule has 2 saturated heterocycles. The quantitative estimate of drug-likeness (QED) is 0.122. The molecule has 0 spiro atoms. The van der Waals surface area contributed by atoms with Crippen LogP contribution in [0.25, 0.3) is 0 Å². The van der Waals surface area contributed by atoms with Gasteiger partial charge >= 0.3 is 11.9 Å². The molecule has 3 fully saturated rings. The first kappa shape index (κ1) is 66.1. The molecule has 1 amide bonds. The summed E-state index contributed by atoms with van der Waals surface area (Å²) in [5.74, 6) is -8.33. The Kier molecular flexibility index (Phi) is 23.4.